The van der Waals surface area contributed by atoms with E-state index in [0.29, 0.717) is 19.6 Å². The normalized spacial score (nSPS) is 33.5. The molecule has 9 heteroatoms. The van der Waals surface area contributed by atoms with Crippen LogP contribution < -0.4 is 5.09 Å². The second-order valence-corrected chi connectivity index (χ2v) is 5.88. The Labute approximate surface area is 99.4 Å². The number of ether oxygens (including phenoxy) is 1. The van der Waals surface area contributed by atoms with Gasteiger partial charge in [-0.25, -0.2) is 9.65 Å². The number of rotatable bonds is 6. The van der Waals surface area contributed by atoms with Crippen LogP contribution >= 0.6 is 7.75 Å². The third-order valence-corrected chi connectivity index (χ3v) is 3.91. The molecule has 0 atom stereocenters. The molecule has 8 nitrogen and oxygen atoms in total. The van der Waals surface area contributed by atoms with Crippen molar-refractivity contribution in [2.24, 2.45) is 0 Å². The van der Waals surface area contributed by atoms with Crippen LogP contribution in [0, 0.1) is 10.1 Å². The molecule has 0 aliphatic carbocycles. The maximum Gasteiger partial charge on any atom is 0.406 e. The monoisotopic (exact) mass is 268 g/mol. The zero-order chi connectivity index (χ0) is 12.9. The molecule has 1 rings (SSSR count). The number of hydrogen-bond acceptors (Lipinski definition) is 6. The van der Waals surface area contributed by atoms with Crippen LogP contribution in [0.25, 0.3) is 0 Å². The van der Waals surface area contributed by atoms with Gasteiger partial charge in [-0.15, -0.1) is 0 Å². The third-order valence-electron chi connectivity index (χ3n) is 2.36. The van der Waals surface area contributed by atoms with Crippen LogP contribution in [0.5, 0.6) is 0 Å². The molecule has 0 spiro atoms. The predicted molar refractivity (Wildman–Crippen MR) is 59.4 cm³/mol. The topological polar surface area (TPSA) is 99.9 Å². The van der Waals surface area contributed by atoms with Gasteiger partial charge in [-0.2, -0.15) is 0 Å². The Bertz CT molecular complexity index is 311. The van der Waals surface area contributed by atoms with Crippen molar-refractivity contribution in [3.8, 4) is 0 Å². The highest BCUT2D eigenvalue weighted by atomic mass is 31.2. The predicted octanol–water partition coefficient (Wildman–Crippen LogP) is 0.803. The summed E-state index contributed by atoms with van der Waals surface area (Å²) in [5.74, 6) is 0. The van der Waals surface area contributed by atoms with Gasteiger partial charge in [-0.1, -0.05) is 0 Å². The van der Waals surface area contributed by atoms with E-state index in [1.807, 2.05) is 0 Å². The van der Waals surface area contributed by atoms with Crippen molar-refractivity contribution in [1.82, 2.24) is 5.09 Å². The average molecular weight is 268 g/mol. The lowest BCUT2D eigenvalue weighted by Crippen LogP contribution is -2.47. The highest BCUT2D eigenvalue weighted by Gasteiger charge is 2.47. The van der Waals surface area contributed by atoms with Gasteiger partial charge in [0.1, 0.15) is 13.2 Å². The molecular formula is C8H17N2O6P. The summed E-state index contributed by atoms with van der Waals surface area (Å²) in [7, 11) is -1.82. The van der Waals surface area contributed by atoms with Gasteiger partial charge in [0.2, 0.25) is 0 Å². The van der Waals surface area contributed by atoms with Crippen LogP contribution in [0.15, 0.2) is 0 Å². The van der Waals surface area contributed by atoms with E-state index in [2.05, 4.69) is 5.09 Å². The van der Waals surface area contributed by atoms with Crippen molar-refractivity contribution in [3.05, 3.63) is 10.1 Å². The molecular weight excluding hydrogens is 251 g/mol. The first-order chi connectivity index (χ1) is 7.92. The summed E-state index contributed by atoms with van der Waals surface area (Å²) in [5.41, 5.74) is -1.33. The largest absolute Gasteiger partial charge is 0.406 e. The maximum absolute atomic E-state index is 11.9. The molecule has 0 radical (unpaired) electrons. The highest BCUT2D eigenvalue weighted by Crippen LogP contribution is 2.48. The first kappa shape index (κ1) is 14.5. The van der Waals surface area contributed by atoms with Crippen LogP contribution in [0.4, 0.5) is 0 Å². The summed E-state index contributed by atoms with van der Waals surface area (Å²) in [5, 5.41) is 13.3. The van der Waals surface area contributed by atoms with Crippen LogP contribution in [0.1, 0.15) is 13.3 Å². The lowest BCUT2D eigenvalue weighted by atomic mass is 10.1. The van der Waals surface area contributed by atoms with E-state index in [1.165, 1.54) is 6.92 Å². The van der Waals surface area contributed by atoms with Gasteiger partial charge in [-0.3, -0.25) is 19.2 Å². The summed E-state index contributed by atoms with van der Waals surface area (Å²) in [4.78, 5) is 10.2. The molecule has 1 aliphatic heterocycles. The van der Waals surface area contributed by atoms with E-state index in [0.717, 1.165) is 0 Å². The van der Waals surface area contributed by atoms with E-state index in [9.17, 15) is 14.7 Å². The van der Waals surface area contributed by atoms with Gasteiger partial charge in [0.05, 0.1) is 0 Å². The maximum atomic E-state index is 11.9. The molecule has 0 aromatic heterocycles. The molecule has 0 amide bonds. The first-order valence-electron chi connectivity index (χ1n) is 5.20. The lowest BCUT2D eigenvalue weighted by Gasteiger charge is -2.30. The summed E-state index contributed by atoms with van der Waals surface area (Å²) < 4.78 is 26.6. The molecule has 0 aromatic rings. The molecule has 100 valence electrons. The van der Waals surface area contributed by atoms with E-state index < -0.39 is 18.2 Å². The van der Waals surface area contributed by atoms with E-state index in [1.54, 1.807) is 7.11 Å². The Hall–Kier alpha value is -0.530. The first-order valence-corrected chi connectivity index (χ1v) is 6.74. The molecule has 0 bridgehead atoms. The van der Waals surface area contributed by atoms with Crippen LogP contribution in [-0.2, 0) is 18.3 Å². The summed E-state index contributed by atoms with van der Waals surface area (Å²) in [6.45, 7) is 1.87. The smallest absolute Gasteiger partial charge is 0.385 e. The van der Waals surface area contributed by atoms with Crippen molar-refractivity contribution >= 4 is 7.75 Å². The van der Waals surface area contributed by atoms with Crippen LogP contribution in [0.2, 0.25) is 0 Å². The third kappa shape index (κ3) is 4.01. The van der Waals surface area contributed by atoms with Gasteiger partial charge >= 0.3 is 7.75 Å². The molecule has 1 N–H and O–H groups in total. The second-order valence-electron chi connectivity index (χ2n) is 4.05. The highest BCUT2D eigenvalue weighted by molar-refractivity contribution is 7.51. The average Bonchev–Trinajstić information content (AvgIpc) is 2.29. The summed E-state index contributed by atoms with van der Waals surface area (Å²) >= 11 is 0. The molecule has 0 saturated carbocycles. The molecule has 0 aromatic carbocycles. The quantitative estimate of drug-likeness (QED) is 0.329. The van der Waals surface area contributed by atoms with Crippen molar-refractivity contribution in [2.45, 2.75) is 18.9 Å². The Kier molecular flexibility index (Phi) is 5.03. The minimum absolute atomic E-state index is 0.228. The van der Waals surface area contributed by atoms with E-state index >= 15 is 0 Å². The second kappa shape index (κ2) is 5.88. The zero-order valence-corrected chi connectivity index (χ0v) is 10.8. The zero-order valence-electron chi connectivity index (χ0n) is 9.88. The molecule has 0 unspecified atom stereocenters. The fraction of sp³-hybridized carbons (Fsp3) is 1.00. The van der Waals surface area contributed by atoms with E-state index in [-0.39, 0.29) is 13.2 Å². The Balaban J connectivity index is 2.39. The number of nitro groups is 1. The number of hydrogen-bond donors (Lipinski definition) is 1. The fourth-order valence-electron chi connectivity index (χ4n) is 1.16. The van der Waals surface area contributed by atoms with Crippen LogP contribution in [-0.4, -0.2) is 43.9 Å². The van der Waals surface area contributed by atoms with Crippen molar-refractivity contribution < 1.29 is 23.3 Å². The minimum Gasteiger partial charge on any atom is -0.385 e. The number of nitrogens with zero attached hydrogens (tertiary/aromatic N) is 1. The van der Waals surface area contributed by atoms with Crippen LogP contribution in [0.3, 0.4) is 0 Å². The number of nitrogens with one attached hydrogen (secondary N) is 1. The summed E-state index contributed by atoms with van der Waals surface area (Å²) in [6, 6.07) is 0. The Morgan fingerprint density at radius 2 is 2.12 bits per heavy atom. The van der Waals surface area contributed by atoms with Gasteiger partial charge in [0.25, 0.3) is 5.54 Å². The van der Waals surface area contributed by atoms with Crippen molar-refractivity contribution in [3.63, 3.8) is 0 Å². The van der Waals surface area contributed by atoms with Crippen molar-refractivity contribution in [1.29, 1.82) is 0 Å². The molecule has 17 heavy (non-hydrogen) atoms. The van der Waals surface area contributed by atoms with Gasteiger partial charge in [-0.05, 0) is 6.42 Å². The van der Waals surface area contributed by atoms with Gasteiger partial charge < -0.3 is 4.74 Å². The van der Waals surface area contributed by atoms with E-state index in [4.69, 9.17) is 13.8 Å². The molecule has 1 heterocycles. The molecule has 1 saturated heterocycles. The molecule has 1 aliphatic rings. The summed E-state index contributed by atoms with van der Waals surface area (Å²) in [6.07, 6.45) is 0.652. The van der Waals surface area contributed by atoms with Crippen molar-refractivity contribution in [2.75, 3.05) is 33.5 Å². The van der Waals surface area contributed by atoms with Gasteiger partial charge in [0, 0.05) is 32.1 Å². The number of methoxy groups -OCH3 is 1. The Morgan fingerprint density at radius 1 is 1.53 bits per heavy atom. The SMILES string of the molecule is COCCCNP1(=O)OCC(C)([N+](=O)[O-])CO1. The fourth-order valence-corrected chi connectivity index (χ4v) is 2.74. The molecule has 1 fully saturated rings. The van der Waals surface area contributed by atoms with Gasteiger partial charge in [0.15, 0.2) is 0 Å². The minimum atomic E-state index is -3.38. The Morgan fingerprint density at radius 3 is 2.59 bits per heavy atom. The standard InChI is InChI=1S/C8H17N2O6P/c1-8(10(11)12)6-15-17(13,16-7-8)9-4-3-5-14-2/h3-7H2,1-2H3,(H,9,13). The lowest BCUT2D eigenvalue weighted by molar-refractivity contribution is -0.573.